The predicted molar refractivity (Wildman–Crippen MR) is 65.0 cm³/mol. The van der Waals surface area contributed by atoms with E-state index < -0.39 is 0 Å². The van der Waals surface area contributed by atoms with Crippen molar-refractivity contribution >= 4 is 23.4 Å². The molecule has 3 nitrogen and oxygen atoms in total. The van der Waals surface area contributed by atoms with E-state index in [1.165, 1.54) is 7.11 Å². The van der Waals surface area contributed by atoms with E-state index in [-0.39, 0.29) is 11.2 Å². The summed E-state index contributed by atoms with van der Waals surface area (Å²) in [5, 5.41) is 0.134. The molecule has 84 valence electrons. The molecule has 1 aromatic carbocycles. The first kappa shape index (κ1) is 11.2. The number of hydrogen-bond acceptors (Lipinski definition) is 4. The number of nitrogens with zero attached hydrogens (tertiary/aromatic N) is 1. The van der Waals surface area contributed by atoms with Crippen molar-refractivity contribution in [3.8, 4) is 0 Å². The van der Waals surface area contributed by atoms with Crippen LogP contribution in [0, 0.1) is 0 Å². The van der Waals surface area contributed by atoms with Crippen LogP contribution in [0.15, 0.2) is 40.2 Å². The molecule has 0 saturated heterocycles. The Hall–Kier alpha value is -1.29. The molecule has 0 N–H and O–H groups in total. The highest BCUT2D eigenvalue weighted by molar-refractivity contribution is 8.00. The SMILES string of the molecule is COC(=O)C1=NCCC1Sc1ccccc1. The van der Waals surface area contributed by atoms with Gasteiger partial charge in [0.2, 0.25) is 0 Å². The number of methoxy groups -OCH3 is 1. The summed E-state index contributed by atoms with van der Waals surface area (Å²) >= 11 is 1.67. The molecular formula is C12H13NO2S. The summed E-state index contributed by atoms with van der Waals surface area (Å²) in [6.45, 7) is 0.717. The van der Waals surface area contributed by atoms with Crippen LogP contribution in [0.2, 0.25) is 0 Å². The zero-order valence-electron chi connectivity index (χ0n) is 9.05. The topological polar surface area (TPSA) is 38.7 Å². The maximum atomic E-state index is 11.4. The van der Waals surface area contributed by atoms with Crippen LogP contribution in [0.4, 0.5) is 0 Å². The molecule has 0 spiro atoms. The Kier molecular flexibility index (Phi) is 3.62. The largest absolute Gasteiger partial charge is 0.465 e. The van der Waals surface area contributed by atoms with Crippen LogP contribution < -0.4 is 0 Å². The van der Waals surface area contributed by atoms with Gasteiger partial charge < -0.3 is 4.74 Å². The van der Waals surface area contributed by atoms with Crippen molar-refractivity contribution in [1.29, 1.82) is 0 Å². The van der Waals surface area contributed by atoms with Crippen LogP contribution >= 0.6 is 11.8 Å². The third-order valence-electron chi connectivity index (χ3n) is 2.39. The predicted octanol–water partition coefficient (Wildman–Crippen LogP) is 2.17. The van der Waals surface area contributed by atoms with Gasteiger partial charge in [0.1, 0.15) is 5.71 Å². The van der Waals surface area contributed by atoms with Crippen LogP contribution in [0.3, 0.4) is 0 Å². The number of carbonyl (C=O) groups excluding carboxylic acids is 1. The van der Waals surface area contributed by atoms with E-state index in [0.717, 1.165) is 17.9 Å². The number of esters is 1. The van der Waals surface area contributed by atoms with Crippen molar-refractivity contribution in [2.45, 2.75) is 16.6 Å². The Bertz CT molecular complexity index is 403. The maximum absolute atomic E-state index is 11.4. The van der Waals surface area contributed by atoms with E-state index in [9.17, 15) is 4.79 Å². The minimum atomic E-state index is -0.300. The average molecular weight is 235 g/mol. The van der Waals surface area contributed by atoms with Gasteiger partial charge in [-0.25, -0.2) is 4.79 Å². The molecule has 0 bridgehead atoms. The molecule has 1 aromatic rings. The number of hydrogen-bond donors (Lipinski definition) is 0. The first-order valence-electron chi connectivity index (χ1n) is 5.15. The highest BCUT2D eigenvalue weighted by atomic mass is 32.2. The molecule has 4 heteroatoms. The van der Waals surface area contributed by atoms with Crippen molar-refractivity contribution in [3.05, 3.63) is 30.3 Å². The fourth-order valence-electron chi connectivity index (χ4n) is 1.62. The molecule has 0 fully saturated rings. The lowest BCUT2D eigenvalue weighted by molar-refractivity contribution is -0.132. The number of benzene rings is 1. The van der Waals surface area contributed by atoms with Gasteiger partial charge in [0, 0.05) is 11.4 Å². The van der Waals surface area contributed by atoms with Gasteiger partial charge in [-0.1, -0.05) is 18.2 Å². The standard InChI is InChI=1S/C12H13NO2S/c1-15-12(14)11-10(7-8-13-11)16-9-5-3-2-4-6-9/h2-6,10H,7-8H2,1H3. The summed E-state index contributed by atoms with van der Waals surface area (Å²) in [5.41, 5.74) is 0.566. The van der Waals surface area contributed by atoms with Gasteiger partial charge in [0.25, 0.3) is 0 Å². The third-order valence-corrected chi connectivity index (χ3v) is 3.68. The lowest BCUT2D eigenvalue weighted by Gasteiger charge is -2.10. The molecule has 0 saturated carbocycles. The molecule has 1 heterocycles. The molecule has 16 heavy (non-hydrogen) atoms. The second kappa shape index (κ2) is 5.16. The van der Waals surface area contributed by atoms with E-state index in [0.29, 0.717) is 5.71 Å². The van der Waals surface area contributed by atoms with Crippen LogP contribution in [-0.4, -0.2) is 30.6 Å². The van der Waals surface area contributed by atoms with E-state index >= 15 is 0 Å². The van der Waals surface area contributed by atoms with Gasteiger partial charge in [0.15, 0.2) is 0 Å². The normalized spacial score (nSPS) is 19.3. The molecular weight excluding hydrogens is 222 g/mol. The zero-order valence-corrected chi connectivity index (χ0v) is 9.87. The first-order chi connectivity index (χ1) is 7.81. The molecule has 0 aromatic heterocycles. The van der Waals surface area contributed by atoms with E-state index in [4.69, 9.17) is 4.74 Å². The number of aliphatic imine (C=N–C) groups is 1. The fraction of sp³-hybridized carbons (Fsp3) is 0.333. The Morgan fingerprint density at radius 2 is 2.19 bits per heavy atom. The van der Waals surface area contributed by atoms with Gasteiger partial charge in [-0.2, -0.15) is 0 Å². The highest BCUT2D eigenvalue weighted by Gasteiger charge is 2.28. The lowest BCUT2D eigenvalue weighted by atomic mass is 10.2. The number of thioether (sulfide) groups is 1. The van der Waals surface area contributed by atoms with Crippen molar-refractivity contribution in [3.63, 3.8) is 0 Å². The molecule has 1 aliphatic heterocycles. The van der Waals surface area contributed by atoms with E-state index in [1.807, 2.05) is 30.3 Å². The first-order valence-corrected chi connectivity index (χ1v) is 6.03. The molecule has 1 atom stereocenters. The van der Waals surface area contributed by atoms with E-state index in [1.54, 1.807) is 11.8 Å². The number of carbonyl (C=O) groups is 1. The fourth-order valence-corrected chi connectivity index (χ4v) is 2.77. The number of rotatable bonds is 3. The highest BCUT2D eigenvalue weighted by Crippen LogP contribution is 2.29. The van der Waals surface area contributed by atoms with Gasteiger partial charge in [-0.05, 0) is 18.6 Å². The zero-order chi connectivity index (χ0) is 11.4. The minimum absolute atomic E-state index is 0.134. The monoisotopic (exact) mass is 235 g/mol. The summed E-state index contributed by atoms with van der Waals surface area (Å²) < 4.78 is 4.72. The summed E-state index contributed by atoms with van der Waals surface area (Å²) in [4.78, 5) is 16.8. The second-order valence-corrected chi connectivity index (χ2v) is 4.74. The summed E-state index contributed by atoms with van der Waals surface area (Å²) in [7, 11) is 1.40. The molecule has 0 aliphatic carbocycles. The quantitative estimate of drug-likeness (QED) is 0.754. The van der Waals surface area contributed by atoms with Gasteiger partial charge in [-0.3, -0.25) is 4.99 Å². The van der Waals surface area contributed by atoms with Crippen LogP contribution in [0.25, 0.3) is 0 Å². The summed E-state index contributed by atoms with van der Waals surface area (Å²) in [5.74, 6) is -0.300. The molecule has 1 aliphatic rings. The molecule has 0 radical (unpaired) electrons. The van der Waals surface area contributed by atoms with Gasteiger partial charge in [0.05, 0.1) is 12.4 Å². The van der Waals surface area contributed by atoms with E-state index in [2.05, 4.69) is 4.99 Å². The van der Waals surface area contributed by atoms with Crippen molar-refractivity contribution in [2.75, 3.05) is 13.7 Å². The van der Waals surface area contributed by atoms with Crippen molar-refractivity contribution in [1.82, 2.24) is 0 Å². The van der Waals surface area contributed by atoms with Crippen molar-refractivity contribution < 1.29 is 9.53 Å². The summed E-state index contributed by atoms with van der Waals surface area (Å²) in [6, 6.07) is 10.0. The molecule has 0 amide bonds. The Morgan fingerprint density at radius 3 is 2.88 bits per heavy atom. The Labute approximate surface area is 98.9 Å². The van der Waals surface area contributed by atoms with Gasteiger partial charge in [-0.15, -0.1) is 11.8 Å². The Morgan fingerprint density at radius 1 is 1.44 bits per heavy atom. The van der Waals surface area contributed by atoms with Crippen LogP contribution in [0.1, 0.15) is 6.42 Å². The van der Waals surface area contributed by atoms with Crippen LogP contribution in [0.5, 0.6) is 0 Å². The summed E-state index contributed by atoms with van der Waals surface area (Å²) in [6.07, 6.45) is 0.907. The smallest absolute Gasteiger partial charge is 0.353 e. The Balaban J connectivity index is 2.06. The minimum Gasteiger partial charge on any atom is -0.465 e. The third kappa shape index (κ3) is 2.44. The average Bonchev–Trinajstić information content (AvgIpc) is 2.77. The molecule has 1 unspecified atom stereocenters. The maximum Gasteiger partial charge on any atom is 0.353 e. The van der Waals surface area contributed by atoms with Crippen molar-refractivity contribution in [2.24, 2.45) is 4.99 Å². The van der Waals surface area contributed by atoms with Crippen LogP contribution in [-0.2, 0) is 9.53 Å². The second-order valence-electron chi connectivity index (χ2n) is 3.47. The number of ether oxygens (including phenoxy) is 1. The molecule has 2 rings (SSSR count). The van der Waals surface area contributed by atoms with Gasteiger partial charge >= 0.3 is 5.97 Å². The lowest BCUT2D eigenvalue weighted by Crippen LogP contribution is -2.23.